The van der Waals surface area contributed by atoms with E-state index in [1.54, 1.807) is 13.8 Å². The summed E-state index contributed by atoms with van der Waals surface area (Å²) < 4.78 is 23.0. The van der Waals surface area contributed by atoms with Crippen LogP contribution >= 0.6 is 0 Å². The summed E-state index contributed by atoms with van der Waals surface area (Å²) in [5.74, 6) is -0.0835. The molecule has 0 bridgehead atoms. The summed E-state index contributed by atoms with van der Waals surface area (Å²) >= 11 is 0. The van der Waals surface area contributed by atoms with Gasteiger partial charge in [0.15, 0.2) is 9.84 Å². The molecule has 0 aromatic heterocycles. The van der Waals surface area contributed by atoms with E-state index in [1.165, 1.54) is 0 Å². The molecule has 0 aliphatic carbocycles. The van der Waals surface area contributed by atoms with Crippen LogP contribution in [-0.2, 0) is 14.6 Å². The molecule has 0 saturated heterocycles. The highest BCUT2D eigenvalue weighted by molar-refractivity contribution is 7.91. The maximum atomic E-state index is 11.6. The van der Waals surface area contributed by atoms with Gasteiger partial charge in [0.25, 0.3) is 0 Å². The van der Waals surface area contributed by atoms with Crippen molar-refractivity contribution in [1.29, 1.82) is 0 Å². The van der Waals surface area contributed by atoms with Crippen molar-refractivity contribution in [3.63, 3.8) is 0 Å². The third-order valence-corrected chi connectivity index (χ3v) is 4.95. The van der Waals surface area contributed by atoms with Crippen molar-refractivity contribution in [2.24, 2.45) is 11.7 Å². The number of hydrogen-bond acceptors (Lipinski definition) is 4. The molecule has 0 aromatic rings. The van der Waals surface area contributed by atoms with Gasteiger partial charge in [-0.25, -0.2) is 8.42 Å². The van der Waals surface area contributed by atoms with Crippen LogP contribution in [0.3, 0.4) is 0 Å². The Morgan fingerprint density at radius 2 is 1.81 bits per heavy atom. The Labute approximate surface area is 98.5 Å². The van der Waals surface area contributed by atoms with Crippen LogP contribution in [0.25, 0.3) is 0 Å². The zero-order chi connectivity index (χ0) is 12.8. The second-order valence-electron chi connectivity index (χ2n) is 4.46. The quantitative estimate of drug-likeness (QED) is 0.700. The zero-order valence-electron chi connectivity index (χ0n) is 10.4. The molecule has 0 heterocycles. The van der Waals surface area contributed by atoms with Gasteiger partial charge in [-0.1, -0.05) is 6.92 Å². The van der Waals surface area contributed by atoms with Crippen LogP contribution in [0.1, 0.15) is 40.0 Å². The largest absolute Gasteiger partial charge is 0.330 e. The predicted octanol–water partition coefficient (Wildman–Crippen LogP) is 1.14. The Bertz CT molecular complexity index is 309. The Morgan fingerprint density at radius 1 is 1.25 bits per heavy atom. The molecule has 0 saturated carbocycles. The van der Waals surface area contributed by atoms with Gasteiger partial charge in [0.1, 0.15) is 5.78 Å². The van der Waals surface area contributed by atoms with Crippen molar-refractivity contribution in [2.75, 3.05) is 12.3 Å². The normalized spacial score (nSPS) is 14.1. The molecule has 0 amide bonds. The lowest BCUT2D eigenvalue weighted by atomic mass is 9.99. The Hall–Kier alpha value is -0.420. The predicted molar refractivity (Wildman–Crippen MR) is 66.0 cm³/mol. The van der Waals surface area contributed by atoms with Gasteiger partial charge in [0.05, 0.1) is 11.0 Å². The number of ketones is 1. The Balaban J connectivity index is 4.07. The van der Waals surface area contributed by atoms with E-state index in [1.807, 2.05) is 6.92 Å². The molecule has 16 heavy (non-hydrogen) atoms. The molecule has 2 N–H and O–H groups in total. The molecule has 0 fully saturated rings. The highest BCUT2D eigenvalue weighted by Crippen LogP contribution is 2.11. The molecule has 0 aliphatic heterocycles. The number of rotatable bonds is 8. The number of carbonyl (C=O) groups is 1. The van der Waals surface area contributed by atoms with E-state index >= 15 is 0 Å². The number of nitrogens with two attached hydrogens (primary N) is 1. The van der Waals surface area contributed by atoms with Crippen molar-refractivity contribution in [3.8, 4) is 0 Å². The van der Waals surface area contributed by atoms with Gasteiger partial charge in [-0.05, 0) is 33.2 Å². The molecule has 0 aromatic carbocycles. The first-order valence-electron chi connectivity index (χ1n) is 5.75. The van der Waals surface area contributed by atoms with E-state index in [4.69, 9.17) is 5.73 Å². The van der Waals surface area contributed by atoms with E-state index in [0.717, 1.165) is 12.8 Å². The van der Waals surface area contributed by atoms with E-state index in [0.29, 0.717) is 6.54 Å². The average molecular weight is 249 g/mol. The fraction of sp³-hybridized carbons (Fsp3) is 0.909. The van der Waals surface area contributed by atoms with Gasteiger partial charge in [-0.2, -0.15) is 0 Å². The number of carbonyl (C=O) groups excluding carboxylic acids is 1. The lowest BCUT2D eigenvalue weighted by Gasteiger charge is -2.11. The van der Waals surface area contributed by atoms with Crippen LogP contribution < -0.4 is 5.73 Å². The summed E-state index contributed by atoms with van der Waals surface area (Å²) in [6.07, 6.45) is 1.69. The molecular weight excluding hydrogens is 226 g/mol. The van der Waals surface area contributed by atoms with Gasteiger partial charge < -0.3 is 5.73 Å². The van der Waals surface area contributed by atoms with Gasteiger partial charge in [-0.15, -0.1) is 0 Å². The number of sulfone groups is 1. The minimum Gasteiger partial charge on any atom is -0.330 e. The SMILES string of the molecule is CC(CCCN)C(=O)CCS(=O)(=O)C(C)C. The first kappa shape index (κ1) is 15.6. The third kappa shape index (κ3) is 5.61. The monoisotopic (exact) mass is 249 g/mol. The Kier molecular flexibility index (Phi) is 6.83. The van der Waals surface area contributed by atoms with Gasteiger partial charge in [-0.3, -0.25) is 4.79 Å². The topological polar surface area (TPSA) is 77.2 Å². The molecule has 0 radical (unpaired) electrons. The molecule has 0 rings (SSSR count). The summed E-state index contributed by atoms with van der Waals surface area (Å²) in [5, 5.41) is -0.403. The van der Waals surface area contributed by atoms with Crippen molar-refractivity contribution in [2.45, 2.75) is 45.3 Å². The maximum Gasteiger partial charge on any atom is 0.153 e. The Morgan fingerprint density at radius 3 is 2.25 bits per heavy atom. The number of Topliss-reactive ketones (excluding diaryl/α,β-unsaturated/α-hetero) is 1. The lowest BCUT2D eigenvalue weighted by Crippen LogP contribution is -2.22. The first-order valence-corrected chi connectivity index (χ1v) is 7.47. The highest BCUT2D eigenvalue weighted by atomic mass is 32.2. The lowest BCUT2D eigenvalue weighted by molar-refractivity contribution is -0.122. The number of hydrogen-bond donors (Lipinski definition) is 1. The second-order valence-corrected chi connectivity index (χ2v) is 7.14. The maximum absolute atomic E-state index is 11.6. The van der Waals surface area contributed by atoms with E-state index in [2.05, 4.69) is 0 Å². The second kappa shape index (κ2) is 7.01. The third-order valence-electron chi connectivity index (χ3n) is 2.74. The summed E-state index contributed by atoms with van der Waals surface area (Å²) in [5.41, 5.74) is 5.35. The molecular formula is C11H23NO3S. The van der Waals surface area contributed by atoms with Crippen molar-refractivity contribution in [3.05, 3.63) is 0 Å². The summed E-state index contributed by atoms with van der Waals surface area (Å²) in [6.45, 7) is 5.68. The zero-order valence-corrected chi connectivity index (χ0v) is 11.2. The molecule has 0 aliphatic rings. The molecule has 5 heteroatoms. The molecule has 96 valence electrons. The highest BCUT2D eigenvalue weighted by Gasteiger charge is 2.20. The van der Waals surface area contributed by atoms with E-state index in [-0.39, 0.29) is 23.9 Å². The first-order chi connectivity index (χ1) is 7.31. The molecule has 4 nitrogen and oxygen atoms in total. The van der Waals surface area contributed by atoms with Crippen LogP contribution in [0, 0.1) is 5.92 Å². The van der Waals surface area contributed by atoms with Crippen molar-refractivity contribution >= 4 is 15.6 Å². The minimum atomic E-state index is -3.09. The van der Waals surface area contributed by atoms with Crippen LogP contribution in [0.2, 0.25) is 0 Å². The van der Waals surface area contributed by atoms with Crippen molar-refractivity contribution < 1.29 is 13.2 Å². The summed E-state index contributed by atoms with van der Waals surface area (Å²) in [7, 11) is -3.09. The fourth-order valence-electron chi connectivity index (χ4n) is 1.31. The van der Waals surface area contributed by atoms with Crippen LogP contribution in [-0.4, -0.2) is 31.7 Å². The van der Waals surface area contributed by atoms with Crippen LogP contribution in [0.15, 0.2) is 0 Å². The summed E-state index contributed by atoms with van der Waals surface area (Å²) in [4.78, 5) is 11.6. The van der Waals surface area contributed by atoms with Crippen molar-refractivity contribution in [1.82, 2.24) is 0 Å². The molecule has 1 unspecified atom stereocenters. The van der Waals surface area contributed by atoms with Crippen LogP contribution in [0.4, 0.5) is 0 Å². The van der Waals surface area contributed by atoms with Gasteiger partial charge in [0, 0.05) is 12.3 Å². The smallest absolute Gasteiger partial charge is 0.153 e. The average Bonchev–Trinajstić information content (AvgIpc) is 2.22. The summed E-state index contributed by atoms with van der Waals surface area (Å²) in [6, 6.07) is 0. The van der Waals surface area contributed by atoms with E-state index in [9.17, 15) is 13.2 Å². The van der Waals surface area contributed by atoms with E-state index < -0.39 is 15.1 Å². The molecule has 0 spiro atoms. The van der Waals surface area contributed by atoms with Gasteiger partial charge >= 0.3 is 0 Å². The van der Waals surface area contributed by atoms with Crippen LogP contribution in [0.5, 0.6) is 0 Å². The standard InChI is InChI=1S/C11H23NO3S/c1-9(2)16(14,15)8-6-11(13)10(3)5-4-7-12/h9-10H,4-8,12H2,1-3H3. The molecule has 1 atom stereocenters. The van der Waals surface area contributed by atoms with Gasteiger partial charge in [0.2, 0.25) is 0 Å². The fourth-order valence-corrected chi connectivity index (χ4v) is 2.27. The minimum absolute atomic E-state index is 0.0256.